The Morgan fingerprint density at radius 1 is 0.662 bits per heavy atom. The lowest BCUT2D eigenvalue weighted by molar-refractivity contribution is 0.600. The zero-order valence-electron chi connectivity index (χ0n) is 37.9. The summed E-state index contributed by atoms with van der Waals surface area (Å²) in [5.41, 5.74) is 21.7. The maximum absolute atomic E-state index is 13.9. The first kappa shape index (κ1) is 46.3. The van der Waals surface area contributed by atoms with E-state index < -0.39 is 11.6 Å². The van der Waals surface area contributed by atoms with Crippen LogP contribution in [-0.2, 0) is 12.8 Å². The maximum atomic E-state index is 13.9. The van der Waals surface area contributed by atoms with Gasteiger partial charge in [-0.25, -0.2) is 38.7 Å². The second kappa shape index (κ2) is 19.4. The molecule has 8 aromatic rings. The van der Waals surface area contributed by atoms with Crippen LogP contribution in [0.15, 0.2) is 109 Å². The van der Waals surface area contributed by atoms with Crippen LogP contribution in [0.2, 0.25) is 5.15 Å². The molecule has 6 heterocycles. The van der Waals surface area contributed by atoms with Crippen molar-refractivity contribution in [2.75, 3.05) is 5.32 Å². The van der Waals surface area contributed by atoms with Gasteiger partial charge in [0.15, 0.2) is 33.9 Å². The van der Waals surface area contributed by atoms with E-state index >= 15 is 0 Å². The number of aromatic nitrogens is 10. The molecule has 6 aromatic heterocycles. The second-order valence-corrected chi connectivity index (χ2v) is 18.6. The zero-order chi connectivity index (χ0) is 46.3. The van der Waals surface area contributed by atoms with E-state index in [4.69, 9.17) is 27.3 Å². The van der Waals surface area contributed by atoms with Crippen LogP contribution in [0, 0.1) is 11.6 Å². The number of benzene rings is 2. The molecule has 15 heteroatoms. The maximum Gasteiger partial charge on any atom is 0.166 e. The van der Waals surface area contributed by atoms with Gasteiger partial charge in [-0.1, -0.05) is 78.7 Å². The molecule has 0 saturated heterocycles. The van der Waals surface area contributed by atoms with Crippen LogP contribution < -0.4 is 11.1 Å². The summed E-state index contributed by atoms with van der Waals surface area (Å²) in [7, 11) is 0. The quantitative estimate of drug-likeness (QED) is 0.154. The van der Waals surface area contributed by atoms with E-state index in [1.165, 1.54) is 71.6 Å². The van der Waals surface area contributed by atoms with Crippen LogP contribution in [0.3, 0.4) is 0 Å². The molecular formula is C53H55ClF2N12. The van der Waals surface area contributed by atoms with E-state index in [1.807, 2.05) is 23.0 Å². The Morgan fingerprint density at radius 3 is 1.75 bits per heavy atom. The molecule has 68 heavy (non-hydrogen) atoms. The average Bonchev–Trinajstić information content (AvgIpc) is 4.13. The molecule has 4 aliphatic carbocycles. The van der Waals surface area contributed by atoms with Crippen molar-refractivity contribution in [3.05, 3.63) is 148 Å². The second-order valence-electron chi connectivity index (χ2n) is 18.3. The third kappa shape index (κ3) is 9.26. The summed E-state index contributed by atoms with van der Waals surface area (Å²) >= 11 is 6.13. The minimum absolute atomic E-state index is 0. The standard InChI is InChI=1S/C26H25FN6.C13H11ClFN5.C13H15N.CH4/c1-15(2)33-14-29-23-25(31-24(32-26(23)33)18-10-19(27)13-28-12-18)30-20-8-7-17-9-16-5-3-4-6-21(16)22(17)11-20;1-7(2)20-6-17-10-11(14)18-12(19-13(10)20)8-3-9(15)5-16-4-8;14-11-6-5-10-7-9-3-1-2-4-12(9)13(10)8-11;/h3-6,10,12-15,20H,7-9,11H2,1-2H3,(H,30,31,32);3-7H,1-2H3;1-4,11H,5-8,14H2;1H4/t20-;;11-;/m1.1./s1. The van der Waals surface area contributed by atoms with Crippen LogP contribution in [0.1, 0.15) is 108 Å². The van der Waals surface area contributed by atoms with Gasteiger partial charge in [-0.3, -0.25) is 9.97 Å². The Hall–Kier alpha value is -6.77. The monoisotopic (exact) mass is 932 g/mol. The van der Waals surface area contributed by atoms with E-state index in [0.717, 1.165) is 49.5 Å². The molecule has 0 unspecified atom stereocenters. The van der Waals surface area contributed by atoms with Crippen LogP contribution >= 0.6 is 11.6 Å². The summed E-state index contributed by atoms with van der Waals surface area (Å²) in [6, 6.07) is 21.2. The zero-order valence-corrected chi connectivity index (χ0v) is 38.6. The first-order valence-corrected chi connectivity index (χ1v) is 23.3. The fraction of sp³-hybridized carbons (Fsp3) is 0.321. The summed E-state index contributed by atoms with van der Waals surface area (Å²) in [6.07, 6.45) is 17.7. The number of nitrogens with two attached hydrogens (primary N) is 1. The lowest BCUT2D eigenvalue weighted by atomic mass is 9.88. The Morgan fingerprint density at radius 2 is 1.18 bits per heavy atom. The molecule has 12 rings (SSSR count). The van der Waals surface area contributed by atoms with E-state index in [0.29, 0.717) is 45.8 Å². The van der Waals surface area contributed by atoms with Crippen LogP contribution in [0.5, 0.6) is 0 Å². The van der Waals surface area contributed by atoms with Crippen LogP contribution in [-0.4, -0.2) is 61.1 Å². The Labute approximate surface area is 399 Å². The number of fused-ring (bicyclic) bond motifs is 6. The molecule has 0 amide bonds. The molecule has 2 atom stereocenters. The molecule has 0 spiro atoms. The molecule has 12 nitrogen and oxygen atoms in total. The predicted octanol–water partition coefficient (Wildman–Crippen LogP) is 12.0. The number of nitrogens with zero attached hydrogens (tertiary/aromatic N) is 10. The Bertz CT molecular complexity index is 3230. The van der Waals surface area contributed by atoms with Gasteiger partial charge in [-0.05, 0) is 125 Å². The van der Waals surface area contributed by atoms with Crippen LogP contribution in [0.4, 0.5) is 14.6 Å². The van der Waals surface area contributed by atoms with Gasteiger partial charge in [0.25, 0.3) is 0 Å². The lowest BCUT2D eigenvalue weighted by Gasteiger charge is -2.26. The topological polar surface area (TPSA) is 151 Å². The number of hydrogen-bond donors (Lipinski definition) is 2. The van der Waals surface area contributed by atoms with Crippen molar-refractivity contribution in [3.63, 3.8) is 0 Å². The van der Waals surface area contributed by atoms with Crippen molar-refractivity contribution in [2.24, 2.45) is 5.73 Å². The Kier molecular flexibility index (Phi) is 13.3. The van der Waals surface area contributed by atoms with E-state index in [-0.39, 0.29) is 30.7 Å². The minimum atomic E-state index is -0.445. The molecule has 2 aromatic carbocycles. The van der Waals surface area contributed by atoms with Crippen molar-refractivity contribution >= 4 is 50.9 Å². The van der Waals surface area contributed by atoms with Gasteiger partial charge in [-0.15, -0.1) is 0 Å². The highest BCUT2D eigenvalue weighted by Gasteiger charge is 2.30. The highest BCUT2D eigenvalue weighted by Crippen LogP contribution is 2.43. The normalized spacial score (nSPS) is 17.0. The van der Waals surface area contributed by atoms with Crippen molar-refractivity contribution in [1.82, 2.24) is 49.0 Å². The van der Waals surface area contributed by atoms with Gasteiger partial charge in [-0.2, -0.15) is 0 Å². The van der Waals surface area contributed by atoms with Crippen molar-refractivity contribution in [1.29, 1.82) is 0 Å². The van der Waals surface area contributed by atoms with Gasteiger partial charge in [0.05, 0.1) is 25.0 Å². The summed E-state index contributed by atoms with van der Waals surface area (Å²) in [5, 5.41) is 3.91. The molecule has 4 aliphatic rings. The van der Waals surface area contributed by atoms with E-state index in [2.05, 4.69) is 97.6 Å². The Balaban J connectivity index is 0.000000140. The fourth-order valence-electron chi connectivity index (χ4n) is 9.70. The average molecular weight is 934 g/mol. The summed E-state index contributed by atoms with van der Waals surface area (Å²) in [6.45, 7) is 8.21. The number of halogens is 3. The SMILES string of the molecule is C.CC(C)n1cnc2c(Cl)nc(-c3cncc(F)c3)nc21.CC(C)n1cnc2c(N[C@@H]3CCC4=C(C3)c3ccccc3C4)nc(-c3cncc(F)c3)nc21.N[C@@H]1CCC2=C(C1)c1ccccc1C2. The minimum Gasteiger partial charge on any atom is -0.365 e. The molecule has 348 valence electrons. The number of hydrogen-bond acceptors (Lipinski definition) is 10. The largest absolute Gasteiger partial charge is 0.365 e. The number of nitrogens with one attached hydrogen (secondary N) is 1. The highest BCUT2D eigenvalue weighted by atomic mass is 35.5. The van der Waals surface area contributed by atoms with Gasteiger partial charge in [0, 0.05) is 47.7 Å². The van der Waals surface area contributed by atoms with Crippen molar-refractivity contribution in [3.8, 4) is 22.8 Å². The number of imidazole rings is 2. The summed E-state index contributed by atoms with van der Waals surface area (Å²) in [5.74, 6) is 0.617. The molecule has 0 saturated carbocycles. The van der Waals surface area contributed by atoms with E-state index in [9.17, 15) is 8.78 Å². The highest BCUT2D eigenvalue weighted by molar-refractivity contribution is 6.33. The molecule has 0 radical (unpaired) electrons. The van der Waals surface area contributed by atoms with Gasteiger partial charge >= 0.3 is 0 Å². The third-order valence-corrected chi connectivity index (χ3v) is 13.3. The third-order valence-electron chi connectivity index (χ3n) is 13.1. The van der Waals surface area contributed by atoms with Crippen LogP contribution in [0.25, 0.3) is 56.2 Å². The molecule has 0 fully saturated rings. The molecule has 0 aliphatic heterocycles. The number of allylic oxidation sites excluding steroid dienone is 2. The van der Waals surface area contributed by atoms with Crippen molar-refractivity contribution in [2.45, 2.75) is 111 Å². The molecule has 0 bridgehead atoms. The van der Waals surface area contributed by atoms with E-state index in [1.54, 1.807) is 35.6 Å². The lowest BCUT2D eigenvalue weighted by Crippen LogP contribution is -2.24. The number of pyridine rings is 2. The first-order valence-electron chi connectivity index (χ1n) is 22.9. The van der Waals surface area contributed by atoms with Gasteiger partial charge in [0.2, 0.25) is 0 Å². The summed E-state index contributed by atoms with van der Waals surface area (Å²) < 4.78 is 31.0. The van der Waals surface area contributed by atoms with Gasteiger partial charge in [0.1, 0.15) is 22.7 Å². The smallest absolute Gasteiger partial charge is 0.166 e. The predicted molar refractivity (Wildman–Crippen MR) is 267 cm³/mol. The molecular weight excluding hydrogens is 878 g/mol. The fourth-order valence-corrected chi connectivity index (χ4v) is 9.91. The number of anilines is 1. The summed E-state index contributed by atoms with van der Waals surface area (Å²) in [4.78, 5) is 34.7. The van der Waals surface area contributed by atoms with Gasteiger partial charge < -0.3 is 20.2 Å². The molecule has 3 N–H and O–H groups in total. The first-order chi connectivity index (χ1) is 32.5. The number of rotatable bonds is 6. The van der Waals surface area contributed by atoms with Crippen molar-refractivity contribution < 1.29 is 8.78 Å².